The van der Waals surface area contributed by atoms with Gasteiger partial charge in [-0.1, -0.05) is 6.07 Å². The van der Waals surface area contributed by atoms with Crippen LogP contribution in [0.3, 0.4) is 0 Å². The molecule has 3 rings (SSSR count). The second-order valence-corrected chi connectivity index (χ2v) is 9.53. The van der Waals surface area contributed by atoms with Gasteiger partial charge in [0.1, 0.15) is 0 Å². The zero-order valence-corrected chi connectivity index (χ0v) is 16.1. The van der Waals surface area contributed by atoms with Gasteiger partial charge in [-0.15, -0.1) is 23.5 Å². The smallest absolute Gasteiger partial charge is 0.345 e. The Hall–Kier alpha value is -1.59. The Balaban J connectivity index is 1.99. The van der Waals surface area contributed by atoms with Crippen LogP contribution in [0, 0.1) is 23.3 Å². The van der Waals surface area contributed by atoms with Gasteiger partial charge in [-0.2, -0.15) is 8.42 Å². The molecule has 2 aromatic rings. The first kappa shape index (κ1) is 20.2. The summed E-state index contributed by atoms with van der Waals surface area (Å²) in [5.74, 6) is -6.27. The third kappa shape index (κ3) is 3.99. The first-order chi connectivity index (χ1) is 12.7. The van der Waals surface area contributed by atoms with Crippen LogP contribution in [0.2, 0.25) is 0 Å². The molecule has 0 unspecified atom stereocenters. The molecule has 11 heteroatoms. The number of halogens is 4. The van der Waals surface area contributed by atoms with E-state index < -0.39 is 38.3 Å². The molecule has 146 valence electrons. The summed E-state index contributed by atoms with van der Waals surface area (Å²) in [5.41, 5.74) is 0.846. The van der Waals surface area contributed by atoms with Crippen molar-refractivity contribution in [1.29, 1.82) is 0 Å². The zero-order chi connectivity index (χ0) is 19.8. The molecule has 27 heavy (non-hydrogen) atoms. The van der Waals surface area contributed by atoms with Crippen LogP contribution in [0.1, 0.15) is 10.1 Å². The molecule has 0 N–H and O–H groups in total. The second kappa shape index (κ2) is 7.80. The fourth-order valence-corrected chi connectivity index (χ4v) is 6.31. The van der Waals surface area contributed by atoms with E-state index in [2.05, 4.69) is 0 Å². The lowest BCUT2D eigenvalue weighted by atomic mass is 10.2. The summed E-state index contributed by atoms with van der Waals surface area (Å²) in [4.78, 5) is -1.84. The van der Waals surface area contributed by atoms with Gasteiger partial charge in [0.15, 0.2) is 39.7 Å². The van der Waals surface area contributed by atoms with Gasteiger partial charge in [0.05, 0.1) is 11.7 Å². The van der Waals surface area contributed by atoms with Crippen molar-refractivity contribution in [3.63, 3.8) is 0 Å². The van der Waals surface area contributed by atoms with Crippen molar-refractivity contribution in [2.24, 2.45) is 0 Å². The summed E-state index contributed by atoms with van der Waals surface area (Å²) in [6.45, 7) is 0. The largest absolute Gasteiger partial charge is 0.493 e. The molecule has 1 aliphatic heterocycles. The molecular formula is C16H12F4O4S3. The quantitative estimate of drug-likeness (QED) is 0.388. The highest BCUT2D eigenvalue weighted by molar-refractivity contribution is 8.19. The molecule has 1 aliphatic rings. The number of thioether (sulfide) groups is 2. The van der Waals surface area contributed by atoms with Crippen molar-refractivity contribution in [2.75, 3.05) is 18.6 Å². The van der Waals surface area contributed by atoms with Gasteiger partial charge in [0, 0.05) is 17.6 Å². The molecule has 0 atom stereocenters. The number of ether oxygens (including phenoxy) is 1. The minimum Gasteiger partial charge on any atom is -0.493 e. The third-order valence-corrected chi connectivity index (χ3v) is 7.96. The molecule has 0 radical (unpaired) electrons. The SMILES string of the molecule is COc1cc(C2SCCS2)ccc1OS(=O)(=O)c1c(F)c(F)cc(F)c1F. The number of hydrogen-bond acceptors (Lipinski definition) is 6. The summed E-state index contributed by atoms with van der Waals surface area (Å²) in [6, 6.07) is 4.30. The maximum absolute atomic E-state index is 13.8. The minimum atomic E-state index is -5.20. The lowest BCUT2D eigenvalue weighted by molar-refractivity contribution is 0.382. The van der Waals surface area contributed by atoms with Crippen LogP contribution in [0.4, 0.5) is 17.6 Å². The Morgan fingerprint density at radius 1 is 0.963 bits per heavy atom. The van der Waals surface area contributed by atoms with Gasteiger partial charge in [0.2, 0.25) is 0 Å². The highest BCUT2D eigenvalue weighted by atomic mass is 32.2. The highest BCUT2D eigenvalue weighted by Gasteiger charge is 2.32. The number of rotatable bonds is 5. The van der Waals surface area contributed by atoms with Crippen LogP contribution in [-0.2, 0) is 10.1 Å². The average Bonchev–Trinajstić information content (AvgIpc) is 3.14. The lowest BCUT2D eigenvalue weighted by Crippen LogP contribution is -2.16. The van der Waals surface area contributed by atoms with E-state index in [1.54, 1.807) is 35.7 Å². The van der Waals surface area contributed by atoms with Crippen LogP contribution in [0.25, 0.3) is 0 Å². The summed E-state index contributed by atoms with van der Waals surface area (Å²) in [6.07, 6.45) is 0. The zero-order valence-electron chi connectivity index (χ0n) is 13.7. The molecule has 2 aromatic carbocycles. The molecule has 1 fully saturated rings. The van der Waals surface area contributed by atoms with Crippen molar-refractivity contribution in [3.05, 3.63) is 53.1 Å². The molecule has 0 amide bonds. The van der Waals surface area contributed by atoms with Gasteiger partial charge in [-0.25, -0.2) is 17.6 Å². The Labute approximate surface area is 161 Å². The summed E-state index contributed by atoms with van der Waals surface area (Å²) < 4.78 is 88.7. The monoisotopic (exact) mass is 440 g/mol. The van der Waals surface area contributed by atoms with E-state index in [1.165, 1.54) is 13.2 Å². The van der Waals surface area contributed by atoms with E-state index in [0.717, 1.165) is 17.1 Å². The van der Waals surface area contributed by atoms with E-state index in [9.17, 15) is 26.0 Å². The first-order valence-corrected chi connectivity index (χ1v) is 10.9. The Morgan fingerprint density at radius 2 is 1.56 bits per heavy atom. The fourth-order valence-electron chi connectivity index (χ4n) is 2.38. The van der Waals surface area contributed by atoms with E-state index in [4.69, 9.17) is 8.92 Å². The van der Waals surface area contributed by atoms with Gasteiger partial charge in [-0.3, -0.25) is 0 Å². The summed E-state index contributed by atoms with van der Waals surface area (Å²) in [5, 5.41) is 0. The Bertz CT molecular complexity index is 950. The fraction of sp³-hybridized carbons (Fsp3) is 0.250. The molecule has 0 spiro atoms. The van der Waals surface area contributed by atoms with Crippen LogP contribution >= 0.6 is 23.5 Å². The average molecular weight is 440 g/mol. The maximum atomic E-state index is 13.8. The van der Waals surface area contributed by atoms with Crippen LogP contribution in [0.15, 0.2) is 29.2 Å². The predicted molar refractivity (Wildman–Crippen MR) is 94.7 cm³/mol. The van der Waals surface area contributed by atoms with Gasteiger partial charge >= 0.3 is 10.1 Å². The highest BCUT2D eigenvalue weighted by Crippen LogP contribution is 2.47. The lowest BCUT2D eigenvalue weighted by Gasteiger charge is -2.15. The van der Waals surface area contributed by atoms with Crippen LogP contribution in [0.5, 0.6) is 11.5 Å². The van der Waals surface area contributed by atoms with E-state index in [0.29, 0.717) is 0 Å². The summed E-state index contributed by atoms with van der Waals surface area (Å²) >= 11 is 3.41. The van der Waals surface area contributed by atoms with Crippen molar-refractivity contribution < 1.29 is 34.9 Å². The Kier molecular flexibility index (Phi) is 5.82. The molecule has 1 saturated heterocycles. The third-order valence-electron chi connectivity index (χ3n) is 3.60. The second-order valence-electron chi connectivity index (χ2n) is 5.32. The molecule has 0 bridgehead atoms. The molecule has 0 aliphatic carbocycles. The molecule has 0 saturated carbocycles. The number of methoxy groups -OCH3 is 1. The van der Waals surface area contributed by atoms with E-state index >= 15 is 0 Å². The van der Waals surface area contributed by atoms with Gasteiger partial charge in [-0.05, 0) is 17.7 Å². The maximum Gasteiger partial charge on any atom is 0.345 e. The minimum absolute atomic E-state index is 0.00173. The predicted octanol–water partition coefficient (Wildman–Crippen LogP) is 4.50. The molecular weight excluding hydrogens is 428 g/mol. The summed E-state index contributed by atoms with van der Waals surface area (Å²) in [7, 11) is -3.94. The number of hydrogen-bond donors (Lipinski definition) is 0. The van der Waals surface area contributed by atoms with Crippen molar-refractivity contribution in [3.8, 4) is 11.5 Å². The Morgan fingerprint density at radius 3 is 2.11 bits per heavy atom. The van der Waals surface area contributed by atoms with Crippen molar-refractivity contribution >= 4 is 33.6 Å². The molecule has 1 heterocycles. The first-order valence-electron chi connectivity index (χ1n) is 7.43. The molecule has 0 aromatic heterocycles. The van der Waals surface area contributed by atoms with Crippen LogP contribution < -0.4 is 8.92 Å². The van der Waals surface area contributed by atoms with E-state index in [1.807, 2.05) is 0 Å². The van der Waals surface area contributed by atoms with Crippen LogP contribution in [-0.4, -0.2) is 27.0 Å². The van der Waals surface area contributed by atoms with Crippen molar-refractivity contribution in [2.45, 2.75) is 9.48 Å². The van der Waals surface area contributed by atoms with Gasteiger partial charge < -0.3 is 8.92 Å². The number of benzene rings is 2. The topological polar surface area (TPSA) is 52.6 Å². The van der Waals surface area contributed by atoms with Crippen molar-refractivity contribution in [1.82, 2.24) is 0 Å². The van der Waals surface area contributed by atoms with Gasteiger partial charge in [0.25, 0.3) is 0 Å². The normalized spacial score (nSPS) is 15.1. The molecule has 4 nitrogen and oxygen atoms in total. The van der Waals surface area contributed by atoms with E-state index in [-0.39, 0.29) is 22.1 Å². The standard InChI is InChI=1S/C16H12F4O4S3/c1-23-12-6-8(16-25-4-5-26-16)2-3-11(12)24-27(21,22)15-13(19)9(17)7-10(18)14(15)20/h2-3,6-7,16H,4-5H2,1H3.